The molecule has 0 bridgehead atoms. The zero-order valence-corrected chi connectivity index (χ0v) is 15.7. The number of thiazole rings is 1. The van der Waals surface area contributed by atoms with Crippen molar-refractivity contribution in [1.82, 2.24) is 9.55 Å². The van der Waals surface area contributed by atoms with Gasteiger partial charge in [0.1, 0.15) is 5.56 Å². The van der Waals surface area contributed by atoms with Gasteiger partial charge < -0.3 is 9.67 Å². The van der Waals surface area contributed by atoms with Crippen LogP contribution < -0.4 is 5.43 Å². The molecular formula is C17H9BrN2O3S2. The van der Waals surface area contributed by atoms with Crippen LogP contribution in [0.1, 0.15) is 10.4 Å². The summed E-state index contributed by atoms with van der Waals surface area (Å²) in [4.78, 5) is 28.7. The minimum atomic E-state index is -1.24. The molecule has 0 aliphatic carbocycles. The number of pyridine rings is 1. The number of carboxylic acid groups (broad SMARTS) is 1. The summed E-state index contributed by atoms with van der Waals surface area (Å²) >= 11 is 6.41. The summed E-state index contributed by atoms with van der Waals surface area (Å²) in [5.41, 5.74) is 3.30. The third-order valence-electron chi connectivity index (χ3n) is 3.70. The number of benzene rings is 1. The molecule has 0 atom stereocenters. The minimum absolute atomic E-state index is 0.260. The van der Waals surface area contributed by atoms with Gasteiger partial charge in [0, 0.05) is 18.0 Å². The van der Waals surface area contributed by atoms with Crippen molar-refractivity contribution in [1.29, 1.82) is 0 Å². The molecular weight excluding hydrogens is 424 g/mol. The topological polar surface area (TPSA) is 72.2 Å². The Morgan fingerprint density at radius 2 is 2.04 bits per heavy atom. The van der Waals surface area contributed by atoms with E-state index in [-0.39, 0.29) is 5.56 Å². The maximum atomic E-state index is 12.2. The van der Waals surface area contributed by atoms with Crippen molar-refractivity contribution in [3.63, 3.8) is 0 Å². The van der Waals surface area contributed by atoms with Crippen molar-refractivity contribution >= 4 is 54.8 Å². The number of nitrogens with zero attached hydrogens (tertiary/aromatic N) is 2. The molecule has 0 radical (unpaired) electrons. The molecule has 3 aromatic heterocycles. The number of hydrogen-bond acceptors (Lipinski definition) is 5. The van der Waals surface area contributed by atoms with E-state index < -0.39 is 11.4 Å². The first kappa shape index (κ1) is 16.2. The molecule has 4 aromatic rings. The molecule has 1 N–H and O–H groups in total. The molecule has 4 rings (SSSR count). The molecule has 124 valence electrons. The molecule has 0 spiro atoms. The molecule has 0 unspecified atom stereocenters. The monoisotopic (exact) mass is 432 g/mol. The average molecular weight is 433 g/mol. The van der Waals surface area contributed by atoms with Gasteiger partial charge in [0.15, 0.2) is 5.43 Å². The van der Waals surface area contributed by atoms with E-state index in [0.29, 0.717) is 5.69 Å². The maximum absolute atomic E-state index is 12.2. The first-order chi connectivity index (χ1) is 12.0. The molecule has 0 amide bonds. The van der Waals surface area contributed by atoms with Crippen molar-refractivity contribution in [2.24, 2.45) is 0 Å². The fourth-order valence-electron chi connectivity index (χ4n) is 2.54. The summed E-state index contributed by atoms with van der Waals surface area (Å²) in [6.07, 6.45) is 1.38. The highest BCUT2D eigenvalue weighted by atomic mass is 79.9. The predicted octanol–water partition coefficient (Wildman–Crippen LogP) is 4.64. The SMILES string of the molecule is O=C(O)c1cn(-c2ccc3ncsc3c2)c(-c2ccc(Br)s2)cc1=O. The van der Waals surface area contributed by atoms with Gasteiger partial charge >= 0.3 is 5.97 Å². The Labute approximate surface area is 158 Å². The Bertz CT molecular complexity index is 1180. The van der Waals surface area contributed by atoms with Crippen molar-refractivity contribution < 1.29 is 9.90 Å². The minimum Gasteiger partial charge on any atom is -0.477 e. The number of aromatic nitrogens is 2. The molecule has 0 saturated carbocycles. The third-order valence-corrected chi connectivity index (χ3v) is 6.14. The van der Waals surface area contributed by atoms with Crippen LogP contribution in [-0.2, 0) is 0 Å². The van der Waals surface area contributed by atoms with Gasteiger partial charge in [0.05, 0.1) is 30.1 Å². The molecule has 0 saturated heterocycles. The van der Waals surface area contributed by atoms with Crippen molar-refractivity contribution in [3.8, 4) is 16.3 Å². The van der Waals surface area contributed by atoms with Gasteiger partial charge in [-0.05, 0) is 46.3 Å². The molecule has 0 fully saturated rings. The normalized spacial score (nSPS) is 11.1. The van der Waals surface area contributed by atoms with E-state index in [4.69, 9.17) is 0 Å². The average Bonchev–Trinajstić information content (AvgIpc) is 3.22. The lowest BCUT2D eigenvalue weighted by Gasteiger charge is -2.13. The molecule has 0 aliphatic rings. The van der Waals surface area contributed by atoms with E-state index in [2.05, 4.69) is 20.9 Å². The van der Waals surface area contributed by atoms with Crippen LogP contribution in [0, 0.1) is 0 Å². The van der Waals surface area contributed by atoms with Gasteiger partial charge in [-0.2, -0.15) is 0 Å². The Morgan fingerprint density at radius 1 is 1.20 bits per heavy atom. The zero-order chi connectivity index (χ0) is 17.6. The summed E-state index contributed by atoms with van der Waals surface area (Å²) in [5, 5.41) is 9.32. The van der Waals surface area contributed by atoms with Gasteiger partial charge in [0.2, 0.25) is 0 Å². The first-order valence-corrected chi connectivity index (χ1v) is 9.61. The van der Waals surface area contributed by atoms with Crippen LogP contribution in [0.3, 0.4) is 0 Å². The second kappa shape index (κ2) is 6.21. The first-order valence-electron chi connectivity index (χ1n) is 7.12. The number of carboxylic acids is 1. The lowest BCUT2D eigenvalue weighted by atomic mass is 10.2. The van der Waals surface area contributed by atoms with E-state index in [9.17, 15) is 14.7 Å². The van der Waals surface area contributed by atoms with E-state index in [1.165, 1.54) is 34.9 Å². The predicted molar refractivity (Wildman–Crippen MR) is 103 cm³/mol. The van der Waals surface area contributed by atoms with Crippen LogP contribution in [0.4, 0.5) is 0 Å². The van der Waals surface area contributed by atoms with Gasteiger partial charge in [-0.15, -0.1) is 22.7 Å². The molecule has 25 heavy (non-hydrogen) atoms. The zero-order valence-electron chi connectivity index (χ0n) is 12.5. The lowest BCUT2D eigenvalue weighted by molar-refractivity contribution is 0.0695. The van der Waals surface area contributed by atoms with Crippen LogP contribution in [0.25, 0.3) is 26.5 Å². The van der Waals surface area contributed by atoms with Gasteiger partial charge in [-0.25, -0.2) is 9.78 Å². The smallest absolute Gasteiger partial charge is 0.341 e. The van der Waals surface area contributed by atoms with E-state index in [1.54, 1.807) is 10.1 Å². The maximum Gasteiger partial charge on any atom is 0.341 e. The van der Waals surface area contributed by atoms with Gasteiger partial charge in [0.25, 0.3) is 0 Å². The molecule has 1 aromatic carbocycles. The van der Waals surface area contributed by atoms with Crippen LogP contribution >= 0.6 is 38.6 Å². The van der Waals surface area contributed by atoms with E-state index in [1.807, 2.05) is 30.3 Å². The molecule has 5 nitrogen and oxygen atoms in total. The molecule has 8 heteroatoms. The largest absolute Gasteiger partial charge is 0.477 e. The standard InChI is InChI=1S/C17H9BrN2O3S2/c18-16-4-3-14(25-16)12-6-13(21)10(17(22)23)7-20(12)9-1-2-11-15(5-9)24-8-19-11/h1-8H,(H,22,23). The quantitative estimate of drug-likeness (QED) is 0.511. The highest BCUT2D eigenvalue weighted by Crippen LogP contribution is 2.33. The summed E-state index contributed by atoms with van der Waals surface area (Å²) in [7, 11) is 0. The molecule has 0 aliphatic heterocycles. The Hall–Kier alpha value is -2.29. The Morgan fingerprint density at radius 3 is 2.76 bits per heavy atom. The van der Waals surface area contributed by atoms with E-state index >= 15 is 0 Å². The second-order valence-electron chi connectivity index (χ2n) is 5.22. The number of aromatic carboxylic acids is 1. The fraction of sp³-hybridized carbons (Fsp3) is 0. The fourth-order valence-corrected chi connectivity index (χ4v) is 4.65. The number of hydrogen-bond donors (Lipinski definition) is 1. The lowest BCUT2D eigenvalue weighted by Crippen LogP contribution is -2.17. The Balaban J connectivity index is 2.02. The third kappa shape index (κ3) is 2.92. The second-order valence-corrected chi connectivity index (χ2v) is 8.57. The highest BCUT2D eigenvalue weighted by molar-refractivity contribution is 9.11. The number of halogens is 1. The van der Waals surface area contributed by atoms with Crippen LogP contribution in [0.2, 0.25) is 0 Å². The number of carbonyl (C=O) groups is 1. The molecule has 3 heterocycles. The Kier molecular flexibility index (Phi) is 4.03. The summed E-state index contributed by atoms with van der Waals surface area (Å²) in [6, 6.07) is 10.9. The van der Waals surface area contributed by atoms with Crippen molar-refractivity contribution in [2.45, 2.75) is 0 Å². The summed E-state index contributed by atoms with van der Waals surface area (Å²) < 4.78 is 3.66. The van der Waals surface area contributed by atoms with Crippen LogP contribution in [0.5, 0.6) is 0 Å². The van der Waals surface area contributed by atoms with E-state index in [0.717, 1.165) is 24.6 Å². The van der Waals surface area contributed by atoms with Crippen LogP contribution in [-0.4, -0.2) is 20.6 Å². The van der Waals surface area contributed by atoms with Crippen LogP contribution in [0.15, 0.2) is 56.7 Å². The highest BCUT2D eigenvalue weighted by Gasteiger charge is 2.16. The summed E-state index contributed by atoms with van der Waals surface area (Å²) in [6.45, 7) is 0. The summed E-state index contributed by atoms with van der Waals surface area (Å²) in [5.74, 6) is -1.24. The van der Waals surface area contributed by atoms with Crippen molar-refractivity contribution in [2.75, 3.05) is 0 Å². The van der Waals surface area contributed by atoms with Crippen molar-refractivity contribution in [3.05, 3.63) is 67.7 Å². The number of rotatable bonds is 3. The number of fused-ring (bicyclic) bond motifs is 1. The van der Waals surface area contributed by atoms with Gasteiger partial charge in [-0.3, -0.25) is 4.79 Å². The number of thiophene rings is 1. The van der Waals surface area contributed by atoms with Gasteiger partial charge in [-0.1, -0.05) is 0 Å².